The summed E-state index contributed by atoms with van der Waals surface area (Å²) >= 11 is 1.36. The maximum atomic E-state index is 13.6. The van der Waals surface area contributed by atoms with Gasteiger partial charge in [0.05, 0.1) is 7.11 Å². The Morgan fingerprint density at radius 2 is 1.86 bits per heavy atom. The van der Waals surface area contributed by atoms with E-state index in [0.29, 0.717) is 10.6 Å². The zero-order valence-electron chi connectivity index (χ0n) is 11.9. The molecule has 0 saturated carbocycles. The smallest absolute Gasteiger partial charge is 0.139 e. The van der Waals surface area contributed by atoms with Gasteiger partial charge in [-0.2, -0.15) is 0 Å². The van der Waals surface area contributed by atoms with Gasteiger partial charge in [0.25, 0.3) is 0 Å². The van der Waals surface area contributed by atoms with Crippen molar-refractivity contribution in [2.75, 3.05) is 19.9 Å². The predicted molar refractivity (Wildman–Crippen MR) is 81.9 cm³/mol. The Labute approximate surface area is 127 Å². The molecular weight excluding hydrogens is 292 g/mol. The number of hydrogen-bond donors (Lipinski definition) is 1. The maximum absolute atomic E-state index is 13.6. The lowest BCUT2D eigenvalue weighted by atomic mass is 10.1. The van der Waals surface area contributed by atoms with E-state index in [0.717, 1.165) is 17.4 Å². The van der Waals surface area contributed by atoms with Crippen LogP contribution in [-0.2, 0) is 0 Å². The van der Waals surface area contributed by atoms with E-state index in [2.05, 4.69) is 5.32 Å². The summed E-state index contributed by atoms with van der Waals surface area (Å²) in [6, 6.07) is 11.5. The molecule has 0 radical (unpaired) electrons. The van der Waals surface area contributed by atoms with Crippen LogP contribution in [0, 0.1) is 11.6 Å². The first-order chi connectivity index (χ1) is 10.1. The van der Waals surface area contributed by atoms with Crippen molar-refractivity contribution in [2.24, 2.45) is 0 Å². The van der Waals surface area contributed by atoms with Crippen LogP contribution in [0.2, 0.25) is 0 Å². The summed E-state index contributed by atoms with van der Waals surface area (Å²) in [6.45, 7) is 0. The second-order valence-corrected chi connectivity index (χ2v) is 5.56. The molecule has 2 aromatic carbocycles. The molecule has 2 nitrogen and oxygen atoms in total. The summed E-state index contributed by atoms with van der Waals surface area (Å²) in [6.07, 6.45) is 0. The number of benzene rings is 2. The van der Waals surface area contributed by atoms with E-state index in [4.69, 9.17) is 4.74 Å². The van der Waals surface area contributed by atoms with Gasteiger partial charge in [0.2, 0.25) is 0 Å². The van der Waals surface area contributed by atoms with Crippen molar-refractivity contribution in [3.05, 3.63) is 59.7 Å². The van der Waals surface area contributed by atoms with Gasteiger partial charge in [0, 0.05) is 22.8 Å². The normalized spacial score (nSPS) is 12.2. The lowest BCUT2D eigenvalue weighted by Gasteiger charge is -2.17. The van der Waals surface area contributed by atoms with Gasteiger partial charge < -0.3 is 10.1 Å². The molecule has 5 heteroatoms. The van der Waals surface area contributed by atoms with Crippen LogP contribution in [0.3, 0.4) is 0 Å². The van der Waals surface area contributed by atoms with E-state index in [1.165, 1.54) is 23.9 Å². The van der Waals surface area contributed by atoms with Crippen molar-refractivity contribution in [1.29, 1.82) is 0 Å². The highest BCUT2D eigenvalue weighted by Gasteiger charge is 2.12. The molecule has 0 aliphatic rings. The fourth-order valence-electron chi connectivity index (χ4n) is 1.95. The monoisotopic (exact) mass is 309 g/mol. The molecule has 112 valence electrons. The number of methoxy groups -OCH3 is 1. The van der Waals surface area contributed by atoms with E-state index in [9.17, 15) is 8.78 Å². The van der Waals surface area contributed by atoms with Crippen molar-refractivity contribution >= 4 is 11.8 Å². The molecule has 2 rings (SSSR count). The minimum atomic E-state index is -0.558. The molecule has 0 saturated heterocycles. The summed E-state index contributed by atoms with van der Waals surface area (Å²) < 4.78 is 31.6. The Morgan fingerprint density at radius 3 is 2.43 bits per heavy atom. The lowest BCUT2D eigenvalue weighted by Crippen LogP contribution is -2.18. The lowest BCUT2D eigenvalue weighted by molar-refractivity contribution is 0.414. The van der Waals surface area contributed by atoms with Gasteiger partial charge in [0.15, 0.2) is 0 Å². The second kappa shape index (κ2) is 7.43. The molecule has 0 fully saturated rings. The van der Waals surface area contributed by atoms with Crippen molar-refractivity contribution in [2.45, 2.75) is 10.9 Å². The molecule has 0 aliphatic carbocycles. The van der Waals surface area contributed by atoms with Gasteiger partial charge >= 0.3 is 0 Å². The van der Waals surface area contributed by atoms with E-state index in [1.807, 2.05) is 31.3 Å². The van der Waals surface area contributed by atoms with Crippen LogP contribution in [0.1, 0.15) is 11.6 Å². The topological polar surface area (TPSA) is 21.3 Å². The summed E-state index contributed by atoms with van der Waals surface area (Å²) in [4.78, 5) is 0.449. The van der Waals surface area contributed by atoms with E-state index >= 15 is 0 Å². The fourth-order valence-corrected chi connectivity index (χ4v) is 3.01. The van der Waals surface area contributed by atoms with Crippen molar-refractivity contribution in [3.8, 4) is 5.75 Å². The summed E-state index contributed by atoms with van der Waals surface area (Å²) in [5.41, 5.74) is 1.09. The number of thioether (sulfide) groups is 1. The van der Waals surface area contributed by atoms with Crippen LogP contribution in [0.4, 0.5) is 8.78 Å². The first-order valence-electron chi connectivity index (χ1n) is 6.53. The van der Waals surface area contributed by atoms with E-state index in [1.54, 1.807) is 7.11 Å². The first kappa shape index (κ1) is 15.8. The number of rotatable bonds is 6. The highest BCUT2D eigenvalue weighted by Crippen LogP contribution is 2.27. The fraction of sp³-hybridized carbons (Fsp3) is 0.250. The van der Waals surface area contributed by atoms with E-state index in [-0.39, 0.29) is 6.04 Å². The van der Waals surface area contributed by atoms with Crippen molar-refractivity contribution < 1.29 is 13.5 Å². The van der Waals surface area contributed by atoms with Gasteiger partial charge in [-0.05, 0) is 36.9 Å². The molecular formula is C16H17F2NOS. The average Bonchev–Trinajstić information content (AvgIpc) is 2.50. The Kier molecular flexibility index (Phi) is 5.59. The number of hydrogen-bond acceptors (Lipinski definition) is 3. The summed E-state index contributed by atoms with van der Waals surface area (Å²) in [5, 5.41) is 3.20. The van der Waals surface area contributed by atoms with Gasteiger partial charge in [-0.3, -0.25) is 0 Å². The Hall–Kier alpha value is -1.59. The molecule has 0 aromatic heterocycles. The van der Waals surface area contributed by atoms with Gasteiger partial charge in [-0.25, -0.2) is 8.78 Å². The third kappa shape index (κ3) is 4.19. The molecule has 0 spiro atoms. The molecule has 2 aromatic rings. The largest absolute Gasteiger partial charge is 0.497 e. The van der Waals surface area contributed by atoms with Gasteiger partial charge in [0.1, 0.15) is 17.4 Å². The SMILES string of the molecule is CNC(CSc1ccc(F)cc1F)c1ccc(OC)cc1. The Morgan fingerprint density at radius 1 is 1.14 bits per heavy atom. The molecule has 0 amide bonds. The highest BCUT2D eigenvalue weighted by molar-refractivity contribution is 7.99. The highest BCUT2D eigenvalue weighted by atomic mass is 32.2. The maximum Gasteiger partial charge on any atom is 0.139 e. The number of ether oxygens (including phenoxy) is 1. The standard InChI is InChI=1S/C16H17F2NOS/c1-19-15(11-3-6-13(20-2)7-4-11)10-21-16-8-5-12(17)9-14(16)18/h3-9,15,19H,10H2,1-2H3. The molecule has 0 heterocycles. The van der Waals surface area contributed by atoms with Crippen molar-refractivity contribution in [1.82, 2.24) is 5.32 Å². The molecule has 21 heavy (non-hydrogen) atoms. The zero-order chi connectivity index (χ0) is 15.2. The minimum Gasteiger partial charge on any atom is -0.497 e. The zero-order valence-corrected chi connectivity index (χ0v) is 12.7. The average molecular weight is 309 g/mol. The first-order valence-corrected chi connectivity index (χ1v) is 7.51. The van der Waals surface area contributed by atoms with E-state index < -0.39 is 11.6 Å². The molecule has 1 unspecified atom stereocenters. The second-order valence-electron chi connectivity index (χ2n) is 4.50. The molecule has 0 bridgehead atoms. The van der Waals surface area contributed by atoms with Gasteiger partial charge in [-0.15, -0.1) is 11.8 Å². The quantitative estimate of drug-likeness (QED) is 0.814. The third-order valence-corrected chi connectivity index (χ3v) is 4.31. The summed E-state index contributed by atoms with van der Waals surface area (Å²) in [7, 11) is 3.48. The van der Waals surface area contributed by atoms with Crippen LogP contribution in [-0.4, -0.2) is 19.9 Å². The predicted octanol–water partition coefficient (Wildman–Crippen LogP) is 4.03. The number of nitrogens with one attached hydrogen (secondary N) is 1. The van der Waals surface area contributed by atoms with Crippen LogP contribution >= 0.6 is 11.8 Å². The summed E-state index contributed by atoms with van der Waals surface area (Å²) in [5.74, 6) is 0.360. The molecule has 1 atom stereocenters. The number of halogens is 2. The third-order valence-electron chi connectivity index (χ3n) is 3.17. The van der Waals surface area contributed by atoms with Crippen LogP contribution in [0.5, 0.6) is 5.75 Å². The van der Waals surface area contributed by atoms with Gasteiger partial charge in [-0.1, -0.05) is 12.1 Å². The molecule has 0 aliphatic heterocycles. The minimum absolute atomic E-state index is 0.0744. The Balaban J connectivity index is 2.04. The van der Waals surface area contributed by atoms with Crippen LogP contribution in [0.15, 0.2) is 47.4 Å². The van der Waals surface area contributed by atoms with Crippen LogP contribution in [0.25, 0.3) is 0 Å². The van der Waals surface area contributed by atoms with Crippen LogP contribution < -0.4 is 10.1 Å². The Bertz CT molecular complexity index is 589. The van der Waals surface area contributed by atoms with Crippen molar-refractivity contribution in [3.63, 3.8) is 0 Å². The molecule has 1 N–H and O–H groups in total.